The number of benzene rings is 1. The van der Waals surface area contributed by atoms with Crippen LogP contribution < -0.4 is 5.32 Å². The summed E-state index contributed by atoms with van der Waals surface area (Å²) in [6.07, 6.45) is 5.36. The monoisotopic (exact) mass is 286 g/mol. The van der Waals surface area contributed by atoms with Crippen molar-refractivity contribution in [2.24, 2.45) is 5.92 Å². The van der Waals surface area contributed by atoms with Crippen molar-refractivity contribution in [2.45, 2.75) is 45.1 Å². The first-order valence-corrected chi connectivity index (χ1v) is 7.59. The van der Waals surface area contributed by atoms with E-state index in [0.717, 1.165) is 18.8 Å². The van der Waals surface area contributed by atoms with Crippen molar-refractivity contribution in [3.63, 3.8) is 0 Å². The summed E-state index contributed by atoms with van der Waals surface area (Å²) in [5.74, 6) is 0.758. The van der Waals surface area contributed by atoms with Gasteiger partial charge in [-0.3, -0.25) is 4.79 Å². The number of hydrogen-bond acceptors (Lipinski definition) is 3. The topological polar surface area (TPSA) is 62.1 Å². The molecule has 1 aromatic rings. The Morgan fingerprint density at radius 1 is 1.29 bits per heavy atom. The van der Waals surface area contributed by atoms with Gasteiger partial charge >= 0.3 is 0 Å². The van der Waals surface area contributed by atoms with Gasteiger partial charge in [0.05, 0.1) is 30.8 Å². The Labute approximate surface area is 126 Å². The van der Waals surface area contributed by atoms with E-state index >= 15 is 0 Å². The first-order valence-electron chi connectivity index (χ1n) is 7.59. The highest BCUT2D eigenvalue weighted by Crippen LogP contribution is 2.25. The fourth-order valence-corrected chi connectivity index (χ4v) is 2.57. The van der Waals surface area contributed by atoms with Crippen molar-refractivity contribution in [3.8, 4) is 6.07 Å². The highest BCUT2D eigenvalue weighted by atomic mass is 16.5. The fraction of sp³-hybridized carbons (Fsp3) is 0.529. The molecule has 2 rings (SSSR count). The lowest BCUT2D eigenvalue weighted by molar-refractivity contribution is -0.117. The number of nitriles is 1. The van der Waals surface area contributed by atoms with E-state index in [-0.39, 0.29) is 5.91 Å². The summed E-state index contributed by atoms with van der Waals surface area (Å²) in [4.78, 5) is 11.8. The molecule has 1 aliphatic carbocycles. The van der Waals surface area contributed by atoms with Gasteiger partial charge in [0, 0.05) is 5.69 Å². The number of nitrogens with zero attached hydrogens (tertiary/aromatic N) is 1. The van der Waals surface area contributed by atoms with E-state index in [9.17, 15) is 4.79 Å². The molecule has 4 heteroatoms. The number of nitrogens with one attached hydrogen (secondary N) is 1. The SMILES string of the molecule is CC1CCC(OCCC(=O)Nc2ccc(C#N)cc2)CC1. The minimum absolute atomic E-state index is 0.0520. The van der Waals surface area contributed by atoms with Gasteiger partial charge in [0.2, 0.25) is 5.91 Å². The normalized spacial score (nSPS) is 21.5. The number of hydrogen-bond donors (Lipinski definition) is 1. The number of carbonyl (C=O) groups is 1. The molecule has 1 aliphatic rings. The molecule has 112 valence electrons. The van der Waals surface area contributed by atoms with E-state index < -0.39 is 0 Å². The molecule has 0 bridgehead atoms. The minimum Gasteiger partial charge on any atom is -0.378 e. The van der Waals surface area contributed by atoms with Crippen LogP contribution in [0.3, 0.4) is 0 Å². The predicted molar refractivity (Wildman–Crippen MR) is 81.8 cm³/mol. The molecule has 1 fully saturated rings. The third-order valence-corrected chi connectivity index (χ3v) is 3.94. The third-order valence-electron chi connectivity index (χ3n) is 3.94. The third kappa shape index (κ3) is 5.20. The second-order valence-corrected chi connectivity index (χ2v) is 5.74. The van der Waals surface area contributed by atoms with Crippen LogP contribution in [0.25, 0.3) is 0 Å². The standard InChI is InChI=1S/C17H22N2O2/c1-13-2-8-16(9-3-13)21-11-10-17(20)19-15-6-4-14(12-18)5-7-15/h4-7,13,16H,2-3,8-11H2,1H3,(H,19,20). The Morgan fingerprint density at radius 2 is 1.95 bits per heavy atom. The smallest absolute Gasteiger partial charge is 0.226 e. The lowest BCUT2D eigenvalue weighted by atomic mass is 9.89. The molecule has 0 saturated heterocycles. The van der Waals surface area contributed by atoms with Crippen LogP contribution in [-0.4, -0.2) is 18.6 Å². The van der Waals surface area contributed by atoms with Gasteiger partial charge in [-0.05, 0) is 55.9 Å². The molecule has 0 unspecified atom stereocenters. The van der Waals surface area contributed by atoms with Crippen LogP contribution in [0.5, 0.6) is 0 Å². The number of rotatable bonds is 5. The number of anilines is 1. The molecule has 0 aliphatic heterocycles. The maximum atomic E-state index is 11.8. The molecule has 0 aromatic heterocycles. The van der Waals surface area contributed by atoms with Gasteiger partial charge in [-0.15, -0.1) is 0 Å². The van der Waals surface area contributed by atoms with Crippen LogP contribution in [0.1, 0.15) is 44.6 Å². The first kappa shape index (κ1) is 15.5. The van der Waals surface area contributed by atoms with Crippen LogP contribution in [-0.2, 0) is 9.53 Å². The molecule has 1 amide bonds. The van der Waals surface area contributed by atoms with Gasteiger partial charge in [0.1, 0.15) is 0 Å². The van der Waals surface area contributed by atoms with Crippen molar-refractivity contribution in [3.05, 3.63) is 29.8 Å². The molecule has 4 nitrogen and oxygen atoms in total. The largest absolute Gasteiger partial charge is 0.378 e. The zero-order valence-corrected chi connectivity index (χ0v) is 12.5. The summed E-state index contributed by atoms with van der Waals surface area (Å²) in [7, 11) is 0. The van der Waals surface area contributed by atoms with E-state index in [1.54, 1.807) is 24.3 Å². The van der Waals surface area contributed by atoms with Gasteiger partial charge in [-0.25, -0.2) is 0 Å². The lowest BCUT2D eigenvalue weighted by Gasteiger charge is -2.26. The van der Waals surface area contributed by atoms with E-state index in [1.807, 2.05) is 6.07 Å². The van der Waals surface area contributed by atoms with Crippen molar-refractivity contribution < 1.29 is 9.53 Å². The number of ether oxygens (including phenoxy) is 1. The average Bonchev–Trinajstić information content (AvgIpc) is 2.50. The summed E-state index contributed by atoms with van der Waals surface area (Å²) in [5.41, 5.74) is 1.30. The molecule has 0 heterocycles. The van der Waals surface area contributed by atoms with E-state index in [0.29, 0.717) is 30.4 Å². The van der Waals surface area contributed by atoms with Crippen LogP contribution in [0.4, 0.5) is 5.69 Å². The highest BCUT2D eigenvalue weighted by molar-refractivity contribution is 5.90. The Hall–Kier alpha value is -1.86. The summed E-state index contributed by atoms with van der Waals surface area (Å²) in [6.45, 7) is 2.75. The lowest BCUT2D eigenvalue weighted by Crippen LogP contribution is -2.22. The van der Waals surface area contributed by atoms with E-state index in [2.05, 4.69) is 12.2 Å². The van der Waals surface area contributed by atoms with Crippen LogP contribution in [0.15, 0.2) is 24.3 Å². The van der Waals surface area contributed by atoms with Crippen LogP contribution in [0.2, 0.25) is 0 Å². The molecule has 1 aromatic carbocycles. The summed E-state index contributed by atoms with van der Waals surface area (Å²) < 4.78 is 5.77. The van der Waals surface area contributed by atoms with Gasteiger partial charge in [0.15, 0.2) is 0 Å². The maximum absolute atomic E-state index is 11.8. The van der Waals surface area contributed by atoms with Crippen molar-refractivity contribution in [2.75, 3.05) is 11.9 Å². The molecular weight excluding hydrogens is 264 g/mol. The van der Waals surface area contributed by atoms with Gasteiger partial charge in [-0.2, -0.15) is 5.26 Å². The van der Waals surface area contributed by atoms with Crippen LogP contribution >= 0.6 is 0 Å². The summed E-state index contributed by atoms with van der Waals surface area (Å²) >= 11 is 0. The minimum atomic E-state index is -0.0520. The highest BCUT2D eigenvalue weighted by Gasteiger charge is 2.18. The molecule has 0 atom stereocenters. The number of amides is 1. The quantitative estimate of drug-likeness (QED) is 0.901. The molecule has 1 saturated carbocycles. The maximum Gasteiger partial charge on any atom is 0.226 e. The predicted octanol–water partition coefficient (Wildman–Crippen LogP) is 3.48. The average molecular weight is 286 g/mol. The Bertz CT molecular complexity index is 497. The Morgan fingerprint density at radius 3 is 2.57 bits per heavy atom. The van der Waals surface area contributed by atoms with Gasteiger partial charge < -0.3 is 10.1 Å². The summed E-state index contributed by atoms with van der Waals surface area (Å²) in [5, 5.41) is 11.5. The van der Waals surface area contributed by atoms with E-state index in [4.69, 9.17) is 10.00 Å². The molecule has 21 heavy (non-hydrogen) atoms. The van der Waals surface area contributed by atoms with Gasteiger partial charge in [0.25, 0.3) is 0 Å². The van der Waals surface area contributed by atoms with Crippen molar-refractivity contribution in [1.29, 1.82) is 5.26 Å². The second-order valence-electron chi connectivity index (χ2n) is 5.74. The van der Waals surface area contributed by atoms with Crippen molar-refractivity contribution in [1.82, 2.24) is 0 Å². The second kappa shape index (κ2) is 7.80. The van der Waals surface area contributed by atoms with E-state index in [1.165, 1.54) is 12.8 Å². The molecule has 0 radical (unpaired) electrons. The van der Waals surface area contributed by atoms with Gasteiger partial charge in [-0.1, -0.05) is 6.92 Å². The summed E-state index contributed by atoms with van der Waals surface area (Å²) in [6, 6.07) is 8.90. The molecular formula is C17H22N2O2. The molecule has 0 spiro atoms. The fourth-order valence-electron chi connectivity index (χ4n) is 2.57. The first-order chi connectivity index (χ1) is 10.2. The Kier molecular flexibility index (Phi) is 5.77. The van der Waals surface area contributed by atoms with Crippen LogP contribution in [0, 0.1) is 17.2 Å². The Balaban J connectivity index is 1.66. The zero-order chi connectivity index (χ0) is 15.1. The molecule has 1 N–H and O–H groups in total. The van der Waals surface area contributed by atoms with Crippen molar-refractivity contribution >= 4 is 11.6 Å². The number of carbonyl (C=O) groups excluding carboxylic acids is 1. The zero-order valence-electron chi connectivity index (χ0n) is 12.5.